The molecule has 2 N–H and O–H groups in total. The summed E-state index contributed by atoms with van der Waals surface area (Å²) in [5.41, 5.74) is 2.47. The number of carbonyl (C=O) groups excluding carboxylic acids is 1. The summed E-state index contributed by atoms with van der Waals surface area (Å²) in [5, 5.41) is 12.1. The Morgan fingerprint density at radius 1 is 1.00 bits per heavy atom. The molecule has 0 fully saturated rings. The molecule has 4 rings (SSSR count). The van der Waals surface area contributed by atoms with Crippen LogP contribution in [0.5, 0.6) is 0 Å². The van der Waals surface area contributed by atoms with E-state index in [0.717, 1.165) is 17.7 Å². The number of nitrogens with one attached hydrogen (secondary N) is 1. The molecule has 0 aliphatic heterocycles. The van der Waals surface area contributed by atoms with Gasteiger partial charge in [-0.25, -0.2) is 23.5 Å². The number of hydrogen-bond acceptors (Lipinski definition) is 4. The summed E-state index contributed by atoms with van der Waals surface area (Å²) in [6.45, 7) is 0.188. The first-order chi connectivity index (χ1) is 16.4. The molecule has 1 amide bonds. The lowest BCUT2D eigenvalue weighted by Gasteiger charge is -2.15. The Hall–Kier alpha value is -4.14. The average Bonchev–Trinajstić information content (AvgIpc) is 3.17. The lowest BCUT2D eigenvalue weighted by molar-refractivity contribution is -0.141. The molecule has 0 aliphatic rings. The van der Waals surface area contributed by atoms with Crippen LogP contribution in [-0.2, 0) is 29.0 Å². The maximum atomic E-state index is 13.7. The van der Waals surface area contributed by atoms with Gasteiger partial charge in [0.1, 0.15) is 17.4 Å². The third kappa shape index (κ3) is 5.43. The van der Waals surface area contributed by atoms with Crippen molar-refractivity contribution in [3.05, 3.63) is 95.4 Å². The quantitative estimate of drug-likeness (QED) is 0.395. The molecule has 7 nitrogen and oxygen atoms in total. The predicted molar refractivity (Wildman–Crippen MR) is 121 cm³/mol. The first kappa shape index (κ1) is 23.0. The van der Waals surface area contributed by atoms with Gasteiger partial charge in [-0.05, 0) is 35.4 Å². The van der Waals surface area contributed by atoms with E-state index >= 15 is 0 Å². The van der Waals surface area contributed by atoms with E-state index in [-0.39, 0.29) is 25.8 Å². The zero-order valence-electron chi connectivity index (χ0n) is 18.1. The van der Waals surface area contributed by atoms with Crippen molar-refractivity contribution in [3.8, 4) is 0 Å². The van der Waals surface area contributed by atoms with Crippen LogP contribution >= 0.6 is 0 Å². The van der Waals surface area contributed by atoms with Crippen molar-refractivity contribution in [3.63, 3.8) is 0 Å². The first-order valence-corrected chi connectivity index (χ1v) is 10.7. The summed E-state index contributed by atoms with van der Waals surface area (Å²) >= 11 is 0. The van der Waals surface area contributed by atoms with Crippen LogP contribution in [0.2, 0.25) is 0 Å². The van der Waals surface area contributed by atoms with E-state index in [9.17, 15) is 23.5 Å². The summed E-state index contributed by atoms with van der Waals surface area (Å²) in [6, 6.07) is 15.1. The van der Waals surface area contributed by atoms with Crippen molar-refractivity contribution in [2.45, 2.75) is 31.8 Å². The Balaban J connectivity index is 1.49. The van der Waals surface area contributed by atoms with Gasteiger partial charge in [0.25, 0.3) is 0 Å². The highest BCUT2D eigenvalue weighted by Gasteiger charge is 2.21. The minimum atomic E-state index is -1.12. The Labute approximate surface area is 194 Å². The molecule has 0 aliphatic carbocycles. The first-order valence-electron chi connectivity index (χ1n) is 10.7. The Bertz CT molecular complexity index is 1320. The van der Waals surface area contributed by atoms with Crippen LogP contribution in [0.25, 0.3) is 11.2 Å². The Morgan fingerprint density at radius 2 is 1.79 bits per heavy atom. The van der Waals surface area contributed by atoms with Crippen molar-refractivity contribution in [2.24, 2.45) is 0 Å². The second kappa shape index (κ2) is 10.2. The number of aryl methyl sites for hydroxylation is 1. The van der Waals surface area contributed by atoms with Crippen molar-refractivity contribution in [1.82, 2.24) is 19.9 Å². The maximum absolute atomic E-state index is 13.7. The molecule has 0 saturated heterocycles. The molecule has 0 spiro atoms. The van der Waals surface area contributed by atoms with Crippen LogP contribution in [0.3, 0.4) is 0 Å². The normalized spacial score (nSPS) is 11.9. The molecule has 4 aromatic rings. The fourth-order valence-corrected chi connectivity index (χ4v) is 3.72. The molecule has 9 heteroatoms. The van der Waals surface area contributed by atoms with Gasteiger partial charge in [0.05, 0.1) is 6.54 Å². The lowest BCUT2D eigenvalue weighted by atomic mass is 10.1. The number of hydrogen-bond donors (Lipinski definition) is 2. The van der Waals surface area contributed by atoms with E-state index in [1.165, 1.54) is 6.07 Å². The zero-order valence-corrected chi connectivity index (χ0v) is 18.1. The largest absolute Gasteiger partial charge is 0.480 e. The number of aliphatic carboxylic acids is 1. The number of halogens is 2. The minimum Gasteiger partial charge on any atom is -0.480 e. The second-order valence-corrected chi connectivity index (χ2v) is 7.86. The third-order valence-corrected chi connectivity index (χ3v) is 5.40. The molecule has 0 bridgehead atoms. The number of carboxylic acid groups (broad SMARTS) is 1. The highest BCUT2D eigenvalue weighted by atomic mass is 19.2. The van der Waals surface area contributed by atoms with Gasteiger partial charge < -0.3 is 15.0 Å². The number of carboxylic acids is 1. The summed E-state index contributed by atoms with van der Waals surface area (Å²) in [5.74, 6) is -2.90. The van der Waals surface area contributed by atoms with Crippen LogP contribution in [0.1, 0.15) is 23.4 Å². The smallest absolute Gasteiger partial charge is 0.326 e. The van der Waals surface area contributed by atoms with Crippen LogP contribution in [0.15, 0.2) is 66.9 Å². The summed E-state index contributed by atoms with van der Waals surface area (Å²) in [6.07, 6.45) is 1.98. The number of rotatable bonds is 9. The fourth-order valence-electron chi connectivity index (χ4n) is 3.72. The van der Waals surface area contributed by atoms with E-state index in [0.29, 0.717) is 22.6 Å². The van der Waals surface area contributed by atoms with Crippen LogP contribution in [-0.4, -0.2) is 37.6 Å². The number of nitrogens with zero attached hydrogens (tertiary/aromatic N) is 3. The Morgan fingerprint density at radius 3 is 2.53 bits per heavy atom. The number of pyridine rings is 1. The number of amides is 1. The van der Waals surface area contributed by atoms with Crippen molar-refractivity contribution >= 4 is 23.0 Å². The molecule has 2 heterocycles. The molecule has 1 atom stereocenters. The highest BCUT2D eigenvalue weighted by Crippen LogP contribution is 2.18. The third-order valence-electron chi connectivity index (χ3n) is 5.40. The van der Waals surface area contributed by atoms with Gasteiger partial charge in [-0.3, -0.25) is 4.79 Å². The molecule has 174 valence electrons. The van der Waals surface area contributed by atoms with E-state index in [4.69, 9.17) is 0 Å². The van der Waals surface area contributed by atoms with Crippen molar-refractivity contribution < 1.29 is 23.5 Å². The van der Waals surface area contributed by atoms with Gasteiger partial charge in [-0.15, -0.1) is 0 Å². The summed E-state index contributed by atoms with van der Waals surface area (Å²) < 4.78 is 28.8. The number of fused-ring (bicyclic) bond motifs is 1. The van der Waals surface area contributed by atoms with Crippen molar-refractivity contribution in [1.29, 1.82) is 0 Å². The molecule has 2 aromatic heterocycles. The minimum absolute atomic E-state index is 0.000327. The topological polar surface area (TPSA) is 97.1 Å². The molecular weight excluding hydrogens is 442 g/mol. The van der Waals surface area contributed by atoms with Gasteiger partial charge in [0.15, 0.2) is 17.3 Å². The number of benzene rings is 2. The zero-order chi connectivity index (χ0) is 24.1. The van der Waals surface area contributed by atoms with Crippen molar-refractivity contribution in [2.75, 3.05) is 0 Å². The average molecular weight is 464 g/mol. The van der Waals surface area contributed by atoms with E-state index in [1.54, 1.807) is 35.0 Å². The number of imidazole rings is 1. The van der Waals surface area contributed by atoms with Crippen LogP contribution in [0, 0.1) is 11.6 Å². The van der Waals surface area contributed by atoms with E-state index in [2.05, 4.69) is 15.3 Å². The Kier molecular flexibility index (Phi) is 6.91. The van der Waals surface area contributed by atoms with Crippen LogP contribution in [0.4, 0.5) is 8.78 Å². The lowest BCUT2D eigenvalue weighted by Crippen LogP contribution is -2.42. The fraction of sp³-hybridized carbons (Fsp3) is 0.200. The van der Waals surface area contributed by atoms with E-state index < -0.39 is 29.6 Å². The van der Waals surface area contributed by atoms with Gasteiger partial charge in [0.2, 0.25) is 5.91 Å². The van der Waals surface area contributed by atoms with Gasteiger partial charge >= 0.3 is 5.97 Å². The van der Waals surface area contributed by atoms with Crippen LogP contribution < -0.4 is 5.32 Å². The second-order valence-electron chi connectivity index (χ2n) is 7.86. The van der Waals surface area contributed by atoms with Gasteiger partial charge in [0, 0.05) is 25.5 Å². The van der Waals surface area contributed by atoms with Gasteiger partial charge in [-0.2, -0.15) is 0 Å². The molecule has 0 saturated carbocycles. The maximum Gasteiger partial charge on any atom is 0.326 e. The molecular formula is C25H22F2N4O3. The monoisotopic (exact) mass is 464 g/mol. The predicted octanol–water partition coefficient (Wildman–Crippen LogP) is 3.50. The number of aromatic nitrogens is 3. The molecule has 34 heavy (non-hydrogen) atoms. The SMILES string of the molecule is O=C(CCc1nc2cccnc2n1Cc1ccc(F)c(F)c1)NC(Cc1ccccc1)C(=O)O. The molecule has 2 aromatic carbocycles. The standard InChI is InChI=1S/C25H22F2N4O3/c26-18-9-8-17(13-19(18)27)15-31-22(29-20-7-4-12-28-24(20)31)10-11-23(32)30-21(25(33)34)14-16-5-2-1-3-6-16/h1-9,12-13,21H,10-11,14-15H2,(H,30,32)(H,33,34). The highest BCUT2D eigenvalue weighted by molar-refractivity contribution is 5.84. The van der Waals surface area contributed by atoms with E-state index in [1.807, 2.05) is 18.2 Å². The molecule has 1 unspecified atom stereocenters. The van der Waals surface area contributed by atoms with Gasteiger partial charge in [-0.1, -0.05) is 36.4 Å². The number of carbonyl (C=O) groups is 2. The summed E-state index contributed by atoms with van der Waals surface area (Å²) in [7, 11) is 0. The summed E-state index contributed by atoms with van der Waals surface area (Å²) in [4.78, 5) is 33.1. The molecule has 0 radical (unpaired) electrons.